The fourth-order valence-electron chi connectivity index (χ4n) is 2.17. The molecule has 0 aliphatic heterocycles. The van der Waals surface area contributed by atoms with Gasteiger partial charge in [0.05, 0.1) is 18.0 Å². The predicted octanol–water partition coefficient (Wildman–Crippen LogP) is 4.33. The maximum Gasteiger partial charge on any atom is 0.264 e. The smallest absolute Gasteiger partial charge is 0.264 e. The second-order valence-corrected chi connectivity index (χ2v) is 6.57. The molecule has 0 fully saturated rings. The van der Waals surface area contributed by atoms with Crippen LogP contribution in [-0.4, -0.2) is 5.91 Å². The summed E-state index contributed by atoms with van der Waals surface area (Å²) in [5.74, 6) is 0.522. The van der Waals surface area contributed by atoms with Crippen molar-refractivity contribution in [1.82, 2.24) is 5.32 Å². The minimum Gasteiger partial charge on any atom is -0.467 e. The highest BCUT2D eigenvalue weighted by atomic mass is 79.9. The van der Waals surface area contributed by atoms with Gasteiger partial charge in [-0.1, -0.05) is 22.0 Å². The van der Waals surface area contributed by atoms with Crippen LogP contribution in [0.25, 0.3) is 10.1 Å². The average Bonchev–Trinajstić information content (AvgIpc) is 3.07. The quantitative estimate of drug-likeness (QED) is 0.726. The molecule has 2 heterocycles. The van der Waals surface area contributed by atoms with Crippen LogP contribution in [0.1, 0.15) is 28.4 Å². The van der Waals surface area contributed by atoms with Gasteiger partial charge in [0, 0.05) is 14.6 Å². The third-order valence-electron chi connectivity index (χ3n) is 3.23. The molecule has 21 heavy (non-hydrogen) atoms. The molecule has 3 rings (SSSR count). The molecular weight excluding hydrogens is 352 g/mol. The monoisotopic (exact) mass is 364 g/mol. The topological polar surface area (TPSA) is 68.3 Å². The second kappa shape index (κ2) is 5.54. The zero-order valence-corrected chi connectivity index (χ0v) is 13.6. The number of hydrogen-bond donors (Lipinski definition) is 2. The van der Waals surface area contributed by atoms with Crippen LogP contribution in [0.3, 0.4) is 0 Å². The molecule has 108 valence electrons. The van der Waals surface area contributed by atoms with Gasteiger partial charge in [0.25, 0.3) is 5.91 Å². The van der Waals surface area contributed by atoms with Crippen LogP contribution in [0.5, 0.6) is 0 Å². The fraction of sp³-hybridized carbons (Fsp3) is 0.133. The summed E-state index contributed by atoms with van der Waals surface area (Å²) >= 11 is 4.86. The van der Waals surface area contributed by atoms with Crippen LogP contribution in [0, 0.1) is 0 Å². The van der Waals surface area contributed by atoms with Gasteiger partial charge in [0.1, 0.15) is 10.6 Å². The van der Waals surface area contributed by atoms with Gasteiger partial charge in [0.2, 0.25) is 0 Å². The molecule has 6 heteroatoms. The first-order chi connectivity index (χ1) is 10.1. The normalized spacial score (nSPS) is 12.5. The van der Waals surface area contributed by atoms with E-state index in [-0.39, 0.29) is 11.9 Å². The van der Waals surface area contributed by atoms with Gasteiger partial charge in [-0.15, -0.1) is 11.3 Å². The first-order valence-electron chi connectivity index (χ1n) is 6.38. The third-order valence-corrected chi connectivity index (χ3v) is 5.06. The number of thiophene rings is 1. The summed E-state index contributed by atoms with van der Waals surface area (Å²) < 4.78 is 7.17. The Bertz CT molecular complexity index is 795. The number of furan rings is 1. The maximum atomic E-state index is 12.4. The van der Waals surface area contributed by atoms with E-state index in [4.69, 9.17) is 10.2 Å². The molecule has 3 N–H and O–H groups in total. The summed E-state index contributed by atoms with van der Waals surface area (Å²) in [6.07, 6.45) is 1.59. The predicted molar refractivity (Wildman–Crippen MR) is 88.5 cm³/mol. The van der Waals surface area contributed by atoms with Gasteiger partial charge in [-0.3, -0.25) is 4.79 Å². The Morgan fingerprint density at radius 3 is 2.86 bits per heavy atom. The fourth-order valence-corrected chi connectivity index (χ4v) is 3.93. The number of anilines is 1. The number of nitrogens with two attached hydrogens (primary N) is 1. The van der Waals surface area contributed by atoms with Crippen molar-refractivity contribution in [3.05, 3.63) is 51.7 Å². The Morgan fingerprint density at radius 1 is 1.38 bits per heavy atom. The van der Waals surface area contributed by atoms with Crippen LogP contribution < -0.4 is 11.1 Å². The molecule has 0 saturated heterocycles. The van der Waals surface area contributed by atoms with Crippen molar-refractivity contribution in [1.29, 1.82) is 0 Å². The minimum atomic E-state index is -0.208. The number of carbonyl (C=O) groups excluding carboxylic acids is 1. The average molecular weight is 365 g/mol. The molecule has 0 bridgehead atoms. The first kappa shape index (κ1) is 14.2. The summed E-state index contributed by atoms with van der Waals surface area (Å²) in [5, 5.41) is 3.79. The molecule has 1 aromatic carbocycles. The van der Waals surface area contributed by atoms with Crippen molar-refractivity contribution in [3.8, 4) is 0 Å². The lowest BCUT2D eigenvalue weighted by Crippen LogP contribution is -2.26. The van der Waals surface area contributed by atoms with E-state index in [0.717, 1.165) is 14.6 Å². The molecular formula is C15H13BrN2O2S. The lowest BCUT2D eigenvalue weighted by molar-refractivity contribution is 0.0940. The van der Waals surface area contributed by atoms with Crippen molar-refractivity contribution in [2.45, 2.75) is 13.0 Å². The van der Waals surface area contributed by atoms with E-state index in [1.54, 1.807) is 12.3 Å². The van der Waals surface area contributed by atoms with Crippen LogP contribution in [0.2, 0.25) is 0 Å². The lowest BCUT2D eigenvalue weighted by Gasteiger charge is -2.10. The Kier molecular flexibility index (Phi) is 3.73. The van der Waals surface area contributed by atoms with Crippen LogP contribution in [0.4, 0.5) is 5.69 Å². The van der Waals surface area contributed by atoms with Crippen LogP contribution >= 0.6 is 27.3 Å². The van der Waals surface area contributed by atoms with Gasteiger partial charge in [-0.05, 0) is 31.2 Å². The van der Waals surface area contributed by atoms with E-state index in [1.807, 2.05) is 31.2 Å². The van der Waals surface area contributed by atoms with Crippen molar-refractivity contribution in [3.63, 3.8) is 0 Å². The molecule has 0 saturated carbocycles. The molecule has 1 unspecified atom stereocenters. The number of nitrogen functional groups attached to an aromatic ring is 1. The number of benzene rings is 1. The van der Waals surface area contributed by atoms with Crippen LogP contribution in [-0.2, 0) is 0 Å². The molecule has 1 amide bonds. The Balaban J connectivity index is 1.92. The Hall–Kier alpha value is -1.79. The summed E-state index contributed by atoms with van der Waals surface area (Å²) in [6, 6.07) is 9.21. The first-order valence-corrected chi connectivity index (χ1v) is 7.99. The highest BCUT2D eigenvalue weighted by Crippen LogP contribution is 2.38. The Labute approximate surface area is 134 Å². The van der Waals surface area contributed by atoms with Crippen LogP contribution in [0.15, 0.2) is 45.5 Å². The molecule has 4 nitrogen and oxygen atoms in total. The molecule has 3 aromatic rings. The second-order valence-electron chi connectivity index (χ2n) is 4.67. The van der Waals surface area contributed by atoms with E-state index in [2.05, 4.69) is 21.2 Å². The summed E-state index contributed by atoms with van der Waals surface area (Å²) in [6.45, 7) is 1.87. The molecule has 1 atom stereocenters. The standard InChI is InChI=1S/C15H13BrN2O2S/c1-8(10-5-3-7-20-10)18-15(19)14-13(17)12-9(16)4-2-6-11(12)21-14/h2-8H,17H2,1H3,(H,18,19). The third kappa shape index (κ3) is 2.56. The number of nitrogens with one attached hydrogen (secondary N) is 1. The van der Waals surface area contributed by atoms with E-state index in [0.29, 0.717) is 16.3 Å². The van der Waals surface area contributed by atoms with Gasteiger partial charge >= 0.3 is 0 Å². The molecule has 0 aliphatic carbocycles. The van der Waals surface area contributed by atoms with Crippen molar-refractivity contribution in [2.24, 2.45) is 0 Å². The summed E-state index contributed by atoms with van der Waals surface area (Å²) in [4.78, 5) is 12.9. The number of carbonyl (C=O) groups is 1. The van der Waals surface area contributed by atoms with Gasteiger partial charge < -0.3 is 15.5 Å². The number of amides is 1. The number of fused-ring (bicyclic) bond motifs is 1. The van der Waals surface area contributed by atoms with E-state index < -0.39 is 0 Å². The van der Waals surface area contributed by atoms with E-state index in [9.17, 15) is 4.79 Å². The van der Waals surface area contributed by atoms with Crippen molar-refractivity contribution < 1.29 is 9.21 Å². The van der Waals surface area contributed by atoms with Gasteiger partial charge in [0.15, 0.2) is 0 Å². The van der Waals surface area contributed by atoms with Crippen molar-refractivity contribution >= 4 is 48.9 Å². The van der Waals surface area contributed by atoms with Gasteiger partial charge in [-0.2, -0.15) is 0 Å². The lowest BCUT2D eigenvalue weighted by atomic mass is 10.2. The highest BCUT2D eigenvalue weighted by molar-refractivity contribution is 9.10. The summed E-state index contributed by atoms with van der Waals surface area (Å²) in [5.41, 5.74) is 6.64. The number of rotatable bonds is 3. The summed E-state index contributed by atoms with van der Waals surface area (Å²) in [7, 11) is 0. The highest BCUT2D eigenvalue weighted by Gasteiger charge is 2.20. The molecule has 0 radical (unpaired) electrons. The molecule has 0 aliphatic rings. The maximum absolute atomic E-state index is 12.4. The van der Waals surface area contributed by atoms with E-state index in [1.165, 1.54) is 11.3 Å². The van der Waals surface area contributed by atoms with Crippen molar-refractivity contribution in [2.75, 3.05) is 5.73 Å². The van der Waals surface area contributed by atoms with Gasteiger partial charge in [-0.25, -0.2) is 0 Å². The molecule has 0 spiro atoms. The zero-order chi connectivity index (χ0) is 15.0. The largest absolute Gasteiger partial charge is 0.467 e. The van der Waals surface area contributed by atoms with E-state index >= 15 is 0 Å². The molecule has 2 aromatic heterocycles. The SMILES string of the molecule is CC(NC(=O)c1sc2cccc(Br)c2c1N)c1ccco1. The number of halogens is 1. The zero-order valence-electron chi connectivity index (χ0n) is 11.2. The Morgan fingerprint density at radius 2 is 2.19 bits per heavy atom. The number of hydrogen-bond acceptors (Lipinski definition) is 4. The minimum absolute atomic E-state index is 0.190.